The number of rotatable bonds is 4. The molecule has 1 aromatic rings. The molecule has 0 heterocycles. The van der Waals surface area contributed by atoms with Gasteiger partial charge in [0.05, 0.1) is 12.5 Å². The topological polar surface area (TPSA) is 62.1 Å². The Morgan fingerprint density at radius 1 is 1.56 bits per heavy atom. The summed E-state index contributed by atoms with van der Waals surface area (Å²) in [6.45, 7) is 0.259. The summed E-state index contributed by atoms with van der Waals surface area (Å²) in [6.07, 6.45) is -0.380. The molecule has 1 rings (SSSR count). The van der Waals surface area contributed by atoms with Gasteiger partial charge in [-0.1, -0.05) is 12.1 Å². The molecule has 84 valence electrons. The van der Waals surface area contributed by atoms with Crippen molar-refractivity contribution in [2.75, 3.05) is 6.54 Å². The number of nitriles is 1. The van der Waals surface area contributed by atoms with Crippen LogP contribution in [0.1, 0.15) is 12.0 Å². The van der Waals surface area contributed by atoms with Crippen LogP contribution in [0, 0.1) is 17.1 Å². The Morgan fingerprint density at radius 3 is 3.06 bits per heavy atom. The van der Waals surface area contributed by atoms with Crippen LogP contribution in [0.15, 0.2) is 24.3 Å². The average Bonchev–Trinajstić information content (AvgIpc) is 2.27. The number of benzene rings is 1. The summed E-state index contributed by atoms with van der Waals surface area (Å²) < 4.78 is 17.6. The zero-order valence-corrected chi connectivity index (χ0v) is 8.57. The van der Waals surface area contributed by atoms with Gasteiger partial charge in [0, 0.05) is 6.54 Å². The lowest BCUT2D eigenvalue weighted by molar-refractivity contribution is 0.140. The molecule has 0 aromatic heterocycles. The van der Waals surface area contributed by atoms with E-state index in [-0.39, 0.29) is 25.4 Å². The molecule has 0 unspecified atom stereocenters. The molecule has 1 amide bonds. The molecule has 5 heteroatoms. The van der Waals surface area contributed by atoms with Gasteiger partial charge in [0.2, 0.25) is 0 Å². The van der Waals surface area contributed by atoms with Crippen molar-refractivity contribution in [3.8, 4) is 6.07 Å². The fraction of sp³-hybridized carbons (Fsp3) is 0.273. The number of hydrogen-bond donors (Lipinski definition) is 1. The minimum atomic E-state index is -0.612. The molecule has 0 radical (unpaired) electrons. The van der Waals surface area contributed by atoms with Gasteiger partial charge in [0.15, 0.2) is 0 Å². The highest BCUT2D eigenvalue weighted by Gasteiger charge is 2.02. The number of amides is 1. The predicted octanol–water partition coefficient (Wildman–Crippen LogP) is 1.97. The van der Waals surface area contributed by atoms with E-state index in [1.165, 1.54) is 12.1 Å². The second-order valence-corrected chi connectivity index (χ2v) is 3.04. The number of halogens is 1. The van der Waals surface area contributed by atoms with Crippen LogP contribution in [0.4, 0.5) is 9.18 Å². The van der Waals surface area contributed by atoms with E-state index >= 15 is 0 Å². The van der Waals surface area contributed by atoms with Crippen molar-refractivity contribution >= 4 is 6.09 Å². The minimum Gasteiger partial charge on any atom is -0.445 e. The van der Waals surface area contributed by atoms with Crippen molar-refractivity contribution in [2.24, 2.45) is 0 Å². The van der Waals surface area contributed by atoms with Crippen LogP contribution in [0.2, 0.25) is 0 Å². The van der Waals surface area contributed by atoms with Gasteiger partial charge in [-0.2, -0.15) is 5.26 Å². The highest BCUT2D eigenvalue weighted by atomic mass is 19.1. The number of alkyl carbamates (subject to hydrolysis) is 1. The lowest BCUT2D eigenvalue weighted by atomic mass is 10.2. The summed E-state index contributed by atoms with van der Waals surface area (Å²) in [7, 11) is 0. The van der Waals surface area contributed by atoms with Gasteiger partial charge in [0.25, 0.3) is 0 Å². The first-order valence-corrected chi connectivity index (χ1v) is 4.74. The van der Waals surface area contributed by atoms with Crippen LogP contribution in [0.3, 0.4) is 0 Å². The van der Waals surface area contributed by atoms with Crippen LogP contribution in [-0.2, 0) is 11.3 Å². The standard InChI is InChI=1S/C11H11FN2O2/c12-10-4-1-3-9(7-10)8-16-11(15)14-6-2-5-13/h1,3-4,7H,2,6,8H2,(H,14,15). The van der Waals surface area contributed by atoms with Crippen molar-refractivity contribution in [3.05, 3.63) is 35.6 Å². The molecule has 0 aliphatic carbocycles. The highest BCUT2D eigenvalue weighted by molar-refractivity contribution is 5.67. The third kappa shape index (κ3) is 4.42. The summed E-state index contributed by atoms with van der Waals surface area (Å²) in [5.41, 5.74) is 0.579. The molecule has 0 atom stereocenters. The number of ether oxygens (including phenoxy) is 1. The van der Waals surface area contributed by atoms with Gasteiger partial charge in [-0.15, -0.1) is 0 Å². The molecule has 1 aromatic carbocycles. The first kappa shape index (κ1) is 12.0. The van der Waals surface area contributed by atoms with Crippen molar-refractivity contribution in [1.82, 2.24) is 5.32 Å². The van der Waals surface area contributed by atoms with Crippen molar-refractivity contribution in [2.45, 2.75) is 13.0 Å². The Hall–Kier alpha value is -2.09. The van der Waals surface area contributed by atoms with Crippen LogP contribution in [0.5, 0.6) is 0 Å². The first-order valence-electron chi connectivity index (χ1n) is 4.74. The third-order valence-electron chi connectivity index (χ3n) is 1.77. The van der Waals surface area contributed by atoms with E-state index in [4.69, 9.17) is 10.00 Å². The zero-order valence-electron chi connectivity index (χ0n) is 8.57. The number of hydrogen-bond acceptors (Lipinski definition) is 3. The first-order chi connectivity index (χ1) is 7.72. The quantitative estimate of drug-likeness (QED) is 0.792. The summed E-state index contributed by atoms with van der Waals surface area (Å²) in [5.74, 6) is -0.369. The van der Waals surface area contributed by atoms with Gasteiger partial charge < -0.3 is 10.1 Å². The monoisotopic (exact) mass is 222 g/mol. The number of nitrogens with zero attached hydrogens (tertiary/aromatic N) is 1. The smallest absolute Gasteiger partial charge is 0.407 e. The molecule has 0 aliphatic rings. The Balaban J connectivity index is 2.29. The van der Waals surface area contributed by atoms with Crippen molar-refractivity contribution in [1.29, 1.82) is 5.26 Å². The van der Waals surface area contributed by atoms with Gasteiger partial charge in [-0.25, -0.2) is 9.18 Å². The number of carbonyl (C=O) groups excluding carboxylic acids is 1. The molecule has 4 nitrogen and oxygen atoms in total. The van der Waals surface area contributed by atoms with Crippen LogP contribution in [0.25, 0.3) is 0 Å². The fourth-order valence-electron chi connectivity index (χ4n) is 1.05. The predicted molar refractivity (Wildman–Crippen MR) is 54.8 cm³/mol. The Bertz CT molecular complexity index is 401. The fourth-order valence-corrected chi connectivity index (χ4v) is 1.05. The zero-order chi connectivity index (χ0) is 11.8. The maximum Gasteiger partial charge on any atom is 0.407 e. The lowest BCUT2D eigenvalue weighted by Crippen LogP contribution is -2.24. The molecule has 0 bridgehead atoms. The van der Waals surface area contributed by atoms with E-state index < -0.39 is 6.09 Å². The van der Waals surface area contributed by atoms with Crippen molar-refractivity contribution in [3.63, 3.8) is 0 Å². The summed E-state index contributed by atoms with van der Waals surface area (Å²) in [5, 5.41) is 10.6. The van der Waals surface area contributed by atoms with Crippen LogP contribution >= 0.6 is 0 Å². The van der Waals surface area contributed by atoms with E-state index in [0.717, 1.165) is 0 Å². The minimum absolute atomic E-state index is 0.0101. The number of nitrogens with one attached hydrogen (secondary N) is 1. The van der Waals surface area contributed by atoms with E-state index in [1.54, 1.807) is 12.1 Å². The van der Waals surface area contributed by atoms with E-state index in [1.807, 2.05) is 6.07 Å². The Kier molecular flexibility index (Phi) is 4.80. The van der Waals surface area contributed by atoms with Gasteiger partial charge in [0.1, 0.15) is 12.4 Å². The van der Waals surface area contributed by atoms with E-state index in [2.05, 4.69) is 5.32 Å². The number of carbonyl (C=O) groups is 1. The average molecular weight is 222 g/mol. The highest BCUT2D eigenvalue weighted by Crippen LogP contribution is 2.04. The SMILES string of the molecule is N#CCCNC(=O)OCc1cccc(F)c1. The molecule has 0 spiro atoms. The lowest BCUT2D eigenvalue weighted by Gasteiger charge is -2.05. The second-order valence-electron chi connectivity index (χ2n) is 3.04. The van der Waals surface area contributed by atoms with E-state index in [9.17, 15) is 9.18 Å². The molecular weight excluding hydrogens is 211 g/mol. The third-order valence-corrected chi connectivity index (χ3v) is 1.77. The maximum atomic E-state index is 12.7. The van der Waals surface area contributed by atoms with Gasteiger partial charge in [-0.3, -0.25) is 0 Å². The summed E-state index contributed by atoms with van der Waals surface area (Å²) in [4.78, 5) is 11.0. The molecule has 0 saturated heterocycles. The second kappa shape index (κ2) is 6.40. The molecule has 0 aliphatic heterocycles. The van der Waals surface area contributed by atoms with E-state index in [0.29, 0.717) is 5.56 Å². The normalized spacial score (nSPS) is 9.25. The Labute approximate surface area is 92.6 Å². The van der Waals surface area contributed by atoms with Crippen LogP contribution < -0.4 is 5.32 Å². The molecule has 0 fully saturated rings. The molecule has 16 heavy (non-hydrogen) atoms. The largest absolute Gasteiger partial charge is 0.445 e. The summed E-state index contributed by atoms with van der Waals surface area (Å²) in [6, 6.07) is 7.70. The van der Waals surface area contributed by atoms with Crippen LogP contribution in [-0.4, -0.2) is 12.6 Å². The molecular formula is C11H11FN2O2. The summed E-state index contributed by atoms with van der Waals surface area (Å²) >= 11 is 0. The maximum absolute atomic E-state index is 12.7. The Morgan fingerprint density at radius 2 is 2.38 bits per heavy atom. The van der Waals surface area contributed by atoms with Crippen molar-refractivity contribution < 1.29 is 13.9 Å². The van der Waals surface area contributed by atoms with Gasteiger partial charge in [-0.05, 0) is 17.7 Å². The molecule has 0 saturated carbocycles. The van der Waals surface area contributed by atoms with Gasteiger partial charge >= 0.3 is 6.09 Å². The molecule has 1 N–H and O–H groups in total.